The molecule has 0 radical (unpaired) electrons. The van der Waals surface area contributed by atoms with Crippen molar-refractivity contribution in [3.05, 3.63) is 24.3 Å². The van der Waals surface area contributed by atoms with E-state index < -0.39 is 97.5 Å². The number of esters is 4. The Morgan fingerprint density at radius 3 is 0.989 bits per heavy atom. The lowest BCUT2D eigenvalue weighted by Gasteiger charge is -2.21. The van der Waals surface area contributed by atoms with Crippen LogP contribution in [0, 0.1) is 17.8 Å². The summed E-state index contributed by atoms with van der Waals surface area (Å²) in [6.45, 7) is 11.7. The van der Waals surface area contributed by atoms with E-state index in [9.17, 15) is 43.2 Å². The van der Waals surface area contributed by atoms with E-state index in [0.29, 0.717) is 31.6 Å². The number of hydrogen-bond donors (Lipinski definition) is 3. The van der Waals surface area contributed by atoms with E-state index in [1.54, 1.807) is 0 Å². The van der Waals surface area contributed by atoms with Crippen LogP contribution >= 0.6 is 15.6 Å². The average molecular weight is 1320 g/mol. The SMILES string of the molecule is CCCCCC/C=C\C=C/CCCCCCCC(=O)OC[C@H](COP(=O)(O)OC[C@@H](O)COP(=O)(O)OC[C@@H](COC(=O)CCCCCCCCC(C)CC)OC(=O)CCCCCCCCCCCCCCCC(C)C)OC(=O)CCCCCCCCC(C)C. The molecule has 0 aromatic carbocycles. The average Bonchev–Trinajstić information content (AvgIpc) is 3.20. The molecule has 0 aliphatic carbocycles. The van der Waals surface area contributed by atoms with Crippen LogP contribution < -0.4 is 0 Å². The monoisotopic (exact) mass is 1320 g/mol. The van der Waals surface area contributed by atoms with Crippen LogP contribution in [0.25, 0.3) is 0 Å². The summed E-state index contributed by atoms with van der Waals surface area (Å²) in [6.07, 6.45) is 48.2. The minimum Gasteiger partial charge on any atom is -0.462 e. The van der Waals surface area contributed by atoms with Crippen LogP contribution in [0.2, 0.25) is 0 Å². The molecule has 0 saturated carbocycles. The molecule has 0 heterocycles. The van der Waals surface area contributed by atoms with Crippen molar-refractivity contribution in [3.8, 4) is 0 Å². The molecule has 0 saturated heterocycles. The Kier molecular flexibility index (Phi) is 59.7. The molecule has 0 aromatic rings. The molecular weight excluding hydrogens is 1190 g/mol. The third-order valence-corrected chi connectivity index (χ3v) is 18.0. The van der Waals surface area contributed by atoms with Gasteiger partial charge in [-0.05, 0) is 69.1 Å². The molecule has 6 atom stereocenters. The van der Waals surface area contributed by atoms with Gasteiger partial charge < -0.3 is 33.8 Å². The lowest BCUT2D eigenvalue weighted by molar-refractivity contribution is -0.161. The van der Waals surface area contributed by atoms with Gasteiger partial charge in [-0.1, -0.05) is 278 Å². The summed E-state index contributed by atoms with van der Waals surface area (Å²) in [5, 5.41) is 10.6. The second-order valence-electron chi connectivity index (χ2n) is 26.1. The lowest BCUT2D eigenvalue weighted by atomic mass is 10.00. The topological polar surface area (TPSA) is 237 Å². The van der Waals surface area contributed by atoms with Gasteiger partial charge >= 0.3 is 39.5 Å². The first-order valence-electron chi connectivity index (χ1n) is 36.2. The fourth-order valence-electron chi connectivity index (χ4n) is 10.1. The predicted octanol–water partition coefficient (Wildman–Crippen LogP) is 19.8. The molecule has 530 valence electrons. The van der Waals surface area contributed by atoms with E-state index in [0.717, 1.165) is 127 Å². The molecule has 3 N–H and O–H groups in total. The summed E-state index contributed by atoms with van der Waals surface area (Å²) in [6, 6.07) is 0. The number of rotatable bonds is 67. The number of carbonyl (C=O) groups is 4. The van der Waals surface area contributed by atoms with Crippen molar-refractivity contribution in [2.45, 2.75) is 349 Å². The molecule has 90 heavy (non-hydrogen) atoms. The number of phosphoric ester groups is 2. The van der Waals surface area contributed by atoms with Gasteiger partial charge in [-0.3, -0.25) is 37.3 Å². The number of ether oxygens (including phenoxy) is 4. The summed E-state index contributed by atoms with van der Waals surface area (Å²) in [5.41, 5.74) is 0. The van der Waals surface area contributed by atoms with Crippen LogP contribution in [0.1, 0.15) is 331 Å². The summed E-state index contributed by atoms with van der Waals surface area (Å²) in [4.78, 5) is 72.5. The Morgan fingerprint density at radius 1 is 0.367 bits per heavy atom. The smallest absolute Gasteiger partial charge is 0.462 e. The molecule has 0 bridgehead atoms. The number of hydrogen-bond acceptors (Lipinski definition) is 15. The number of allylic oxidation sites excluding steroid dienone is 4. The molecule has 17 nitrogen and oxygen atoms in total. The third kappa shape index (κ3) is 63.0. The van der Waals surface area contributed by atoms with Crippen molar-refractivity contribution >= 4 is 39.5 Å². The van der Waals surface area contributed by atoms with Crippen molar-refractivity contribution in [2.75, 3.05) is 39.6 Å². The zero-order chi connectivity index (χ0) is 66.6. The Hall–Kier alpha value is -2.46. The van der Waals surface area contributed by atoms with Gasteiger partial charge in [0.2, 0.25) is 0 Å². The maximum absolute atomic E-state index is 13.0. The zero-order valence-electron chi connectivity index (χ0n) is 58.1. The summed E-state index contributed by atoms with van der Waals surface area (Å²) in [5.74, 6) is 0.0187. The maximum atomic E-state index is 13.0. The van der Waals surface area contributed by atoms with E-state index in [-0.39, 0.29) is 25.7 Å². The van der Waals surface area contributed by atoms with Crippen molar-refractivity contribution < 1.29 is 80.2 Å². The second kappa shape index (κ2) is 61.4. The molecule has 0 fully saturated rings. The van der Waals surface area contributed by atoms with E-state index in [2.05, 4.69) is 72.8 Å². The Labute approximate surface area is 548 Å². The molecule has 0 aliphatic heterocycles. The van der Waals surface area contributed by atoms with E-state index >= 15 is 0 Å². The van der Waals surface area contributed by atoms with Gasteiger partial charge in [-0.15, -0.1) is 0 Å². The molecule has 0 amide bonds. The predicted molar refractivity (Wildman–Crippen MR) is 363 cm³/mol. The summed E-state index contributed by atoms with van der Waals surface area (Å²) in [7, 11) is -9.91. The molecular formula is C71H134O17P2. The highest BCUT2D eigenvalue weighted by molar-refractivity contribution is 7.47. The zero-order valence-corrected chi connectivity index (χ0v) is 59.9. The van der Waals surface area contributed by atoms with Crippen LogP contribution in [0.15, 0.2) is 24.3 Å². The molecule has 0 rings (SSSR count). The molecule has 0 aliphatic rings. The Bertz CT molecular complexity index is 1860. The van der Waals surface area contributed by atoms with Gasteiger partial charge in [0.05, 0.1) is 26.4 Å². The van der Waals surface area contributed by atoms with Gasteiger partial charge in [-0.2, -0.15) is 0 Å². The summed E-state index contributed by atoms with van der Waals surface area (Å²) >= 11 is 0. The largest absolute Gasteiger partial charge is 0.472 e. The third-order valence-electron chi connectivity index (χ3n) is 16.1. The first-order valence-corrected chi connectivity index (χ1v) is 39.2. The van der Waals surface area contributed by atoms with E-state index in [1.807, 2.05) is 0 Å². The van der Waals surface area contributed by atoms with Gasteiger partial charge in [0.15, 0.2) is 12.2 Å². The van der Waals surface area contributed by atoms with Crippen molar-refractivity contribution in [2.24, 2.45) is 17.8 Å². The number of aliphatic hydroxyl groups excluding tert-OH is 1. The number of phosphoric acid groups is 2. The minimum absolute atomic E-state index is 0.0948. The van der Waals surface area contributed by atoms with Crippen LogP contribution in [-0.4, -0.2) is 96.7 Å². The van der Waals surface area contributed by atoms with Crippen molar-refractivity contribution in [1.82, 2.24) is 0 Å². The highest BCUT2D eigenvalue weighted by Gasteiger charge is 2.30. The Morgan fingerprint density at radius 2 is 0.656 bits per heavy atom. The van der Waals surface area contributed by atoms with E-state index in [4.69, 9.17) is 37.0 Å². The van der Waals surface area contributed by atoms with Gasteiger partial charge in [-0.25, -0.2) is 9.13 Å². The van der Waals surface area contributed by atoms with Gasteiger partial charge in [0.1, 0.15) is 19.3 Å². The standard InChI is InChI=1S/C71H134O17P2/c1-8-10-11-12-13-14-15-16-17-20-23-26-29-38-45-52-68(73)81-58-67(88-71(76)55-48-41-33-31-36-43-50-63(5)6)61-86-90(79,80)84-57-65(72)56-83-89(77,78)85-60-66(59-82-69(74)53-46-39-34-32-37-44-51-64(7)9-2)87-70(75)54-47-40-30-27-24-21-18-19-22-25-28-35-42-49-62(3)4/h14-17,62-67,72H,8-13,18-61H2,1-7H3,(H,77,78)(H,79,80)/b15-14-,17-16-/t64?,65-,66+,67+/m0/s1. The number of carbonyl (C=O) groups excluding carboxylic acids is 4. The van der Waals surface area contributed by atoms with Gasteiger partial charge in [0.25, 0.3) is 0 Å². The lowest BCUT2D eigenvalue weighted by Crippen LogP contribution is -2.30. The fourth-order valence-corrected chi connectivity index (χ4v) is 11.7. The van der Waals surface area contributed by atoms with Crippen LogP contribution in [-0.2, 0) is 65.4 Å². The van der Waals surface area contributed by atoms with Crippen molar-refractivity contribution in [3.63, 3.8) is 0 Å². The highest BCUT2D eigenvalue weighted by atomic mass is 31.2. The normalized spacial score (nSPS) is 14.7. The molecule has 0 spiro atoms. The molecule has 3 unspecified atom stereocenters. The van der Waals surface area contributed by atoms with Crippen LogP contribution in [0.4, 0.5) is 0 Å². The molecule has 19 heteroatoms. The van der Waals surface area contributed by atoms with Crippen LogP contribution in [0.5, 0.6) is 0 Å². The quantitative estimate of drug-likeness (QED) is 0.0169. The van der Waals surface area contributed by atoms with Crippen molar-refractivity contribution in [1.29, 1.82) is 0 Å². The Balaban J connectivity index is 5.24. The summed E-state index contributed by atoms with van der Waals surface area (Å²) < 4.78 is 68.2. The highest BCUT2D eigenvalue weighted by Crippen LogP contribution is 2.45. The number of unbranched alkanes of at least 4 members (excludes halogenated alkanes) is 31. The maximum Gasteiger partial charge on any atom is 0.472 e. The van der Waals surface area contributed by atoms with Crippen LogP contribution in [0.3, 0.4) is 0 Å². The first-order chi connectivity index (χ1) is 43.3. The molecule has 0 aromatic heterocycles. The van der Waals surface area contributed by atoms with E-state index in [1.165, 1.54) is 116 Å². The fraction of sp³-hybridized carbons (Fsp3) is 0.887. The van der Waals surface area contributed by atoms with Gasteiger partial charge in [0, 0.05) is 25.7 Å². The first kappa shape index (κ1) is 87.5. The second-order valence-corrected chi connectivity index (χ2v) is 29.0. The minimum atomic E-state index is -4.96. The number of aliphatic hydroxyl groups is 1.